The van der Waals surface area contributed by atoms with E-state index in [-0.39, 0.29) is 0 Å². The molecule has 0 aliphatic rings. The molecular weight excluding hydrogens is 292 g/mol. The zero-order valence-electron chi connectivity index (χ0n) is 14.5. The maximum atomic E-state index is 10.7. The van der Waals surface area contributed by atoms with Gasteiger partial charge in [0.25, 0.3) is 0 Å². The number of unbranched alkanes of at least 4 members (excludes halogenated alkanes) is 2. The molecule has 23 heavy (non-hydrogen) atoms. The third kappa shape index (κ3) is 5.01. The van der Waals surface area contributed by atoms with Crippen LogP contribution in [-0.2, 0) is 12.8 Å². The first-order valence-electron chi connectivity index (χ1n) is 8.70. The number of aliphatic hydroxyl groups excluding tert-OH is 4. The molecule has 4 nitrogen and oxygen atoms in total. The van der Waals surface area contributed by atoms with E-state index in [0.717, 1.165) is 44.1 Å². The van der Waals surface area contributed by atoms with Crippen LogP contribution in [0.15, 0.2) is 18.2 Å². The Labute approximate surface area is 139 Å². The minimum atomic E-state index is -1.31. The number of hydrogen-bond acceptors (Lipinski definition) is 4. The topological polar surface area (TPSA) is 80.9 Å². The van der Waals surface area contributed by atoms with Gasteiger partial charge in [0.15, 0.2) is 0 Å². The van der Waals surface area contributed by atoms with E-state index < -0.39 is 31.3 Å². The molecule has 0 heterocycles. The van der Waals surface area contributed by atoms with Crippen molar-refractivity contribution in [3.05, 3.63) is 34.9 Å². The van der Waals surface area contributed by atoms with Crippen LogP contribution >= 0.6 is 0 Å². The van der Waals surface area contributed by atoms with Crippen molar-refractivity contribution in [1.82, 2.24) is 0 Å². The van der Waals surface area contributed by atoms with Crippen LogP contribution in [0.3, 0.4) is 0 Å². The molecule has 0 aromatic heterocycles. The Morgan fingerprint density at radius 2 is 1.48 bits per heavy atom. The summed E-state index contributed by atoms with van der Waals surface area (Å²) in [6.45, 7) is 2.88. The molecule has 1 aromatic rings. The highest BCUT2D eigenvalue weighted by molar-refractivity contribution is 5.35. The van der Waals surface area contributed by atoms with Crippen LogP contribution in [-0.4, -0.2) is 40.2 Å². The van der Waals surface area contributed by atoms with E-state index in [4.69, 9.17) is 0 Å². The summed E-state index contributed by atoms with van der Waals surface area (Å²) in [5.74, 6) is 0. The van der Waals surface area contributed by atoms with Gasteiger partial charge >= 0.3 is 0 Å². The molecule has 0 amide bonds. The molecule has 0 aliphatic heterocycles. The molecule has 132 valence electrons. The molecule has 0 aliphatic carbocycles. The largest absolute Gasteiger partial charge is 0.395 e. The van der Waals surface area contributed by atoms with Crippen LogP contribution < -0.4 is 0 Å². The molecule has 0 fully saturated rings. The van der Waals surface area contributed by atoms with Gasteiger partial charge in [-0.05, 0) is 42.4 Å². The normalized spacial score (nSPS) is 13.3. The van der Waals surface area contributed by atoms with Crippen molar-refractivity contribution < 1.29 is 20.4 Å². The average Bonchev–Trinajstić information content (AvgIpc) is 2.60. The highest BCUT2D eigenvalue weighted by atomic mass is 16.3. The fourth-order valence-corrected chi connectivity index (χ4v) is 2.79. The number of aryl methyl sites for hydroxylation is 2. The molecule has 1 rings (SSSR count). The van der Waals surface area contributed by atoms with Gasteiger partial charge in [-0.3, -0.25) is 0 Å². The van der Waals surface area contributed by atoms with Crippen molar-refractivity contribution in [1.29, 1.82) is 0 Å². The van der Waals surface area contributed by atoms with Crippen molar-refractivity contribution in [2.45, 2.75) is 58.5 Å². The molecule has 0 saturated heterocycles. The number of hydrogen-bond donors (Lipinski definition) is 4. The van der Waals surface area contributed by atoms with Crippen LogP contribution in [0, 0.1) is 5.41 Å². The van der Waals surface area contributed by atoms with Gasteiger partial charge in [0.05, 0.1) is 31.3 Å². The maximum Gasteiger partial charge on any atom is 0.0915 e. The molecule has 1 aromatic carbocycles. The molecule has 0 radical (unpaired) electrons. The van der Waals surface area contributed by atoms with E-state index in [1.54, 1.807) is 0 Å². The highest BCUT2D eigenvalue weighted by Crippen LogP contribution is 2.35. The maximum absolute atomic E-state index is 10.7. The molecule has 4 N–H and O–H groups in total. The summed E-state index contributed by atoms with van der Waals surface area (Å²) >= 11 is 0. The lowest BCUT2D eigenvalue weighted by Crippen LogP contribution is -2.40. The quantitative estimate of drug-likeness (QED) is 0.504. The standard InChI is InChI=1S/C19H32O4/c1-3-5-7-15-9-10-17(16(11-15)8-6-4-2)18(23)19(12-20,13-21)14-22/h9-11,18,20-23H,3-8,12-14H2,1-2H3. The molecule has 0 saturated carbocycles. The summed E-state index contributed by atoms with van der Waals surface area (Å²) < 4.78 is 0. The second-order valence-electron chi connectivity index (χ2n) is 6.48. The van der Waals surface area contributed by atoms with Crippen LogP contribution in [0.1, 0.15) is 62.3 Å². The number of aliphatic hydroxyl groups is 4. The smallest absolute Gasteiger partial charge is 0.0915 e. The SMILES string of the molecule is CCCCc1ccc(C(O)C(CO)(CO)CO)c(CCCC)c1. The van der Waals surface area contributed by atoms with E-state index in [9.17, 15) is 20.4 Å². The van der Waals surface area contributed by atoms with E-state index >= 15 is 0 Å². The van der Waals surface area contributed by atoms with Crippen LogP contribution in [0.4, 0.5) is 0 Å². The summed E-state index contributed by atoms with van der Waals surface area (Å²) in [6, 6.07) is 6.01. The lowest BCUT2D eigenvalue weighted by Gasteiger charge is -2.34. The second kappa shape index (κ2) is 10.0. The lowest BCUT2D eigenvalue weighted by molar-refractivity contribution is -0.0855. The third-order valence-electron chi connectivity index (χ3n) is 4.65. The van der Waals surface area contributed by atoms with Crippen molar-refractivity contribution in [3.8, 4) is 0 Å². The monoisotopic (exact) mass is 324 g/mol. The third-order valence-corrected chi connectivity index (χ3v) is 4.65. The first-order chi connectivity index (χ1) is 11.1. The van der Waals surface area contributed by atoms with E-state index in [0.29, 0.717) is 5.56 Å². The fraction of sp³-hybridized carbons (Fsp3) is 0.684. The molecule has 1 atom stereocenters. The Hall–Kier alpha value is -0.940. The Balaban J connectivity index is 3.16. The fourth-order valence-electron chi connectivity index (χ4n) is 2.79. The van der Waals surface area contributed by atoms with Gasteiger partial charge in [0.2, 0.25) is 0 Å². The summed E-state index contributed by atoms with van der Waals surface area (Å²) in [4.78, 5) is 0. The highest BCUT2D eigenvalue weighted by Gasteiger charge is 2.38. The predicted octanol–water partition coefficient (Wildman–Crippen LogP) is 2.37. The number of benzene rings is 1. The van der Waals surface area contributed by atoms with Gasteiger partial charge in [-0.1, -0.05) is 44.9 Å². The van der Waals surface area contributed by atoms with Crippen molar-refractivity contribution in [3.63, 3.8) is 0 Å². The van der Waals surface area contributed by atoms with E-state index in [2.05, 4.69) is 19.9 Å². The summed E-state index contributed by atoms with van der Waals surface area (Å²) in [7, 11) is 0. The molecule has 0 bridgehead atoms. The van der Waals surface area contributed by atoms with Crippen LogP contribution in [0.2, 0.25) is 0 Å². The Morgan fingerprint density at radius 3 is 2.00 bits per heavy atom. The van der Waals surface area contributed by atoms with E-state index in [1.165, 1.54) is 5.56 Å². The first kappa shape index (κ1) is 20.1. The van der Waals surface area contributed by atoms with Crippen LogP contribution in [0.25, 0.3) is 0 Å². The Morgan fingerprint density at radius 1 is 0.913 bits per heavy atom. The van der Waals surface area contributed by atoms with Gasteiger partial charge < -0.3 is 20.4 Å². The molecule has 4 heteroatoms. The molecule has 0 spiro atoms. The number of rotatable bonds is 11. The minimum Gasteiger partial charge on any atom is -0.395 e. The zero-order valence-corrected chi connectivity index (χ0v) is 14.5. The lowest BCUT2D eigenvalue weighted by atomic mass is 9.78. The summed E-state index contributed by atoms with van der Waals surface area (Å²) in [5.41, 5.74) is 1.69. The predicted molar refractivity (Wildman–Crippen MR) is 92.3 cm³/mol. The minimum absolute atomic E-state index is 0.466. The summed E-state index contributed by atoms with van der Waals surface area (Å²) in [5, 5.41) is 39.4. The van der Waals surface area contributed by atoms with Crippen LogP contribution in [0.5, 0.6) is 0 Å². The van der Waals surface area contributed by atoms with Crippen molar-refractivity contribution >= 4 is 0 Å². The van der Waals surface area contributed by atoms with Gasteiger partial charge in [-0.25, -0.2) is 0 Å². The van der Waals surface area contributed by atoms with Gasteiger partial charge in [-0.15, -0.1) is 0 Å². The van der Waals surface area contributed by atoms with Gasteiger partial charge in [0.1, 0.15) is 0 Å². The Kier molecular flexibility index (Phi) is 8.77. The second-order valence-corrected chi connectivity index (χ2v) is 6.48. The molecule has 1 unspecified atom stereocenters. The molecular formula is C19H32O4. The van der Waals surface area contributed by atoms with Crippen molar-refractivity contribution in [2.75, 3.05) is 19.8 Å². The first-order valence-corrected chi connectivity index (χ1v) is 8.70. The zero-order chi connectivity index (χ0) is 17.3. The van der Waals surface area contributed by atoms with E-state index in [1.807, 2.05) is 12.1 Å². The van der Waals surface area contributed by atoms with Crippen molar-refractivity contribution in [2.24, 2.45) is 5.41 Å². The van der Waals surface area contributed by atoms with Gasteiger partial charge in [-0.2, -0.15) is 0 Å². The average molecular weight is 324 g/mol. The Bertz CT molecular complexity index is 446. The summed E-state index contributed by atoms with van der Waals surface area (Å²) in [6.07, 6.45) is 5.11. The van der Waals surface area contributed by atoms with Gasteiger partial charge in [0, 0.05) is 0 Å².